The monoisotopic (exact) mass is 436 g/mol. The van der Waals surface area contributed by atoms with Crippen LogP contribution in [0.5, 0.6) is 11.5 Å². The Morgan fingerprint density at radius 3 is 2.69 bits per heavy atom. The second kappa shape index (κ2) is 9.46. The van der Waals surface area contributed by atoms with Crippen LogP contribution in [-0.2, 0) is 4.74 Å². The van der Waals surface area contributed by atoms with Crippen molar-refractivity contribution in [3.8, 4) is 11.5 Å². The van der Waals surface area contributed by atoms with Crippen molar-refractivity contribution in [3.05, 3.63) is 48.4 Å². The van der Waals surface area contributed by atoms with Gasteiger partial charge in [0.25, 0.3) is 5.91 Å². The summed E-state index contributed by atoms with van der Waals surface area (Å²) in [6.45, 7) is 3.46. The van der Waals surface area contributed by atoms with E-state index in [-0.39, 0.29) is 17.8 Å². The maximum atomic E-state index is 11.8. The van der Waals surface area contributed by atoms with Gasteiger partial charge in [0.1, 0.15) is 17.2 Å². The summed E-state index contributed by atoms with van der Waals surface area (Å²) in [5.41, 5.74) is 6.17. The van der Waals surface area contributed by atoms with E-state index in [4.69, 9.17) is 15.2 Å². The summed E-state index contributed by atoms with van der Waals surface area (Å²) in [5, 5.41) is 4.17. The molecular weight excluding hydrogens is 412 g/mol. The van der Waals surface area contributed by atoms with E-state index in [1.165, 1.54) is 12.3 Å². The molecule has 1 saturated heterocycles. The van der Waals surface area contributed by atoms with Crippen LogP contribution in [0.1, 0.15) is 30.3 Å². The number of likely N-dealkylation sites (tertiary alicyclic amines) is 1. The number of hydrogen-bond donors (Lipinski definition) is 2. The molecule has 1 aliphatic rings. The Hall–Kier alpha value is -3.95. The molecule has 2 amide bonds. The molecular formula is C22H24N6O4. The van der Waals surface area contributed by atoms with E-state index in [1.807, 2.05) is 12.1 Å². The van der Waals surface area contributed by atoms with E-state index in [0.29, 0.717) is 37.1 Å². The molecule has 0 unspecified atom stereocenters. The summed E-state index contributed by atoms with van der Waals surface area (Å²) in [6.07, 6.45) is 4.53. The molecule has 4 rings (SSSR count). The highest BCUT2D eigenvalue weighted by molar-refractivity contribution is 5.91. The lowest BCUT2D eigenvalue weighted by atomic mass is 10.1. The maximum Gasteiger partial charge on any atom is 0.409 e. The fourth-order valence-corrected chi connectivity index (χ4v) is 3.49. The summed E-state index contributed by atoms with van der Waals surface area (Å²) in [6, 6.07) is 8.78. The van der Waals surface area contributed by atoms with Crippen LogP contribution in [0.2, 0.25) is 0 Å². The largest absolute Gasteiger partial charge is 0.457 e. The smallest absolute Gasteiger partial charge is 0.409 e. The van der Waals surface area contributed by atoms with Crippen molar-refractivity contribution in [3.63, 3.8) is 0 Å². The number of rotatable bonds is 6. The molecule has 1 aliphatic heterocycles. The number of hydrogen-bond acceptors (Lipinski definition) is 8. The molecule has 0 bridgehead atoms. The molecule has 3 heterocycles. The topological polar surface area (TPSA) is 133 Å². The van der Waals surface area contributed by atoms with Gasteiger partial charge in [0, 0.05) is 43.0 Å². The van der Waals surface area contributed by atoms with Crippen LogP contribution < -0.4 is 15.8 Å². The predicted octanol–water partition coefficient (Wildman–Crippen LogP) is 2.95. The van der Waals surface area contributed by atoms with Crippen molar-refractivity contribution < 1.29 is 19.1 Å². The van der Waals surface area contributed by atoms with Crippen molar-refractivity contribution in [2.24, 2.45) is 5.73 Å². The Kier molecular flexibility index (Phi) is 6.29. The highest BCUT2D eigenvalue weighted by Gasteiger charge is 2.24. The van der Waals surface area contributed by atoms with Crippen LogP contribution in [0.25, 0.3) is 10.9 Å². The molecule has 3 N–H and O–H groups in total. The number of aromatic nitrogens is 3. The van der Waals surface area contributed by atoms with Crippen molar-refractivity contribution in [1.82, 2.24) is 19.9 Å². The van der Waals surface area contributed by atoms with Crippen LogP contribution in [0, 0.1) is 0 Å². The zero-order valence-corrected chi connectivity index (χ0v) is 17.7. The first-order valence-corrected chi connectivity index (χ1v) is 10.4. The van der Waals surface area contributed by atoms with Crippen molar-refractivity contribution in [2.75, 3.05) is 25.0 Å². The number of piperidine rings is 1. The molecule has 32 heavy (non-hydrogen) atoms. The SMILES string of the molecule is CCOC(=O)N1CCC(Nc2ncc3cc(Oc4ccnc(C(N)=O)c4)ccc3n2)CC1. The van der Waals surface area contributed by atoms with Crippen LogP contribution in [0.4, 0.5) is 10.7 Å². The number of carbonyl (C=O) groups excluding carboxylic acids is 2. The van der Waals surface area contributed by atoms with Gasteiger partial charge < -0.3 is 25.4 Å². The highest BCUT2D eigenvalue weighted by atomic mass is 16.6. The van der Waals surface area contributed by atoms with Gasteiger partial charge in [0.15, 0.2) is 0 Å². The van der Waals surface area contributed by atoms with Gasteiger partial charge in [-0.2, -0.15) is 0 Å². The number of fused-ring (bicyclic) bond motifs is 1. The Bertz CT molecular complexity index is 1130. The lowest BCUT2D eigenvalue weighted by Gasteiger charge is -2.31. The summed E-state index contributed by atoms with van der Waals surface area (Å²) in [4.78, 5) is 37.7. The third-order valence-electron chi connectivity index (χ3n) is 5.13. The van der Waals surface area contributed by atoms with Gasteiger partial charge in [-0.1, -0.05) is 0 Å². The Morgan fingerprint density at radius 2 is 1.94 bits per heavy atom. The Morgan fingerprint density at radius 1 is 1.16 bits per heavy atom. The fourth-order valence-electron chi connectivity index (χ4n) is 3.49. The number of anilines is 1. The number of ether oxygens (including phenoxy) is 2. The van der Waals surface area contributed by atoms with Crippen molar-refractivity contribution in [1.29, 1.82) is 0 Å². The average molecular weight is 436 g/mol. The molecule has 10 heteroatoms. The van der Waals surface area contributed by atoms with Gasteiger partial charge in [0.2, 0.25) is 5.95 Å². The molecule has 1 aromatic carbocycles. The number of amides is 2. The second-order valence-electron chi connectivity index (χ2n) is 7.36. The third-order valence-corrected chi connectivity index (χ3v) is 5.13. The number of primary amides is 1. The molecule has 166 valence electrons. The van der Waals surface area contributed by atoms with Crippen LogP contribution in [0.15, 0.2) is 42.7 Å². The second-order valence-corrected chi connectivity index (χ2v) is 7.36. The molecule has 0 radical (unpaired) electrons. The van der Waals surface area contributed by atoms with Gasteiger partial charge in [-0.15, -0.1) is 0 Å². The fraction of sp³-hybridized carbons (Fsp3) is 0.318. The molecule has 1 fully saturated rings. The number of nitrogens with zero attached hydrogens (tertiary/aromatic N) is 4. The van der Waals surface area contributed by atoms with Gasteiger partial charge in [-0.05, 0) is 44.0 Å². The molecule has 0 spiro atoms. The van der Waals surface area contributed by atoms with Crippen molar-refractivity contribution >= 4 is 28.9 Å². The van der Waals surface area contributed by atoms with Gasteiger partial charge in [0.05, 0.1) is 12.1 Å². The maximum absolute atomic E-state index is 11.8. The van der Waals surface area contributed by atoms with Gasteiger partial charge in [-0.3, -0.25) is 9.78 Å². The first-order chi connectivity index (χ1) is 15.5. The highest BCUT2D eigenvalue weighted by Crippen LogP contribution is 2.26. The van der Waals surface area contributed by atoms with Crippen LogP contribution >= 0.6 is 0 Å². The molecule has 0 aliphatic carbocycles. The molecule has 0 atom stereocenters. The van der Waals surface area contributed by atoms with E-state index in [2.05, 4.69) is 20.3 Å². The van der Waals surface area contributed by atoms with Crippen molar-refractivity contribution in [2.45, 2.75) is 25.8 Å². The minimum absolute atomic E-state index is 0.135. The van der Waals surface area contributed by atoms with E-state index >= 15 is 0 Å². The molecule has 0 saturated carbocycles. The van der Waals surface area contributed by atoms with Gasteiger partial charge >= 0.3 is 6.09 Å². The summed E-state index contributed by atoms with van der Waals surface area (Å²) >= 11 is 0. The molecule has 3 aromatic rings. The predicted molar refractivity (Wildman–Crippen MR) is 118 cm³/mol. The van der Waals surface area contributed by atoms with E-state index in [9.17, 15) is 9.59 Å². The summed E-state index contributed by atoms with van der Waals surface area (Å²) in [7, 11) is 0. The summed E-state index contributed by atoms with van der Waals surface area (Å²) in [5.74, 6) is 0.964. The first-order valence-electron chi connectivity index (χ1n) is 10.4. The number of benzene rings is 1. The molecule has 2 aromatic heterocycles. The van der Waals surface area contributed by atoms with Crippen LogP contribution in [0.3, 0.4) is 0 Å². The number of nitrogens with one attached hydrogen (secondary N) is 1. The van der Waals surface area contributed by atoms with Crippen LogP contribution in [-0.4, -0.2) is 57.6 Å². The minimum Gasteiger partial charge on any atom is -0.457 e. The van der Waals surface area contributed by atoms with Gasteiger partial charge in [-0.25, -0.2) is 14.8 Å². The standard InChI is InChI=1S/C22H24N6O4/c1-2-31-22(30)28-9-6-15(7-10-28)26-21-25-13-14-11-16(3-4-18(14)27-21)32-17-5-8-24-19(12-17)20(23)29/h3-5,8,11-13,15H,2,6-7,9-10H2,1H3,(H2,23,29)(H,25,26,27). The summed E-state index contributed by atoms with van der Waals surface area (Å²) < 4.78 is 10.9. The lowest BCUT2D eigenvalue weighted by Crippen LogP contribution is -2.42. The number of carbonyl (C=O) groups is 2. The average Bonchev–Trinajstić information content (AvgIpc) is 2.80. The normalized spacial score (nSPS) is 14.2. The van der Waals surface area contributed by atoms with E-state index < -0.39 is 5.91 Å². The van der Waals surface area contributed by atoms with E-state index in [1.54, 1.807) is 30.2 Å². The van der Waals surface area contributed by atoms with E-state index in [0.717, 1.165) is 23.7 Å². The number of nitrogens with two attached hydrogens (primary N) is 1. The number of pyridine rings is 1. The molecule has 10 nitrogen and oxygen atoms in total. The lowest BCUT2D eigenvalue weighted by molar-refractivity contribution is 0.0979. The third kappa shape index (κ3) is 5.02. The first kappa shape index (κ1) is 21.3. The minimum atomic E-state index is -0.617. The Balaban J connectivity index is 1.39. The zero-order chi connectivity index (χ0) is 22.5. The zero-order valence-electron chi connectivity index (χ0n) is 17.7. The quantitative estimate of drug-likeness (QED) is 0.603. The Labute approximate surface area is 184 Å².